The Balaban J connectivity index is 1.68. The molecule has 7 heteroatoms. The number of piperazine rings is 1. The highest BCUT2D eigenvalue weighted by Gasteiger charge is 2.23. The number of aromatic nitrogens is 1. The molecule has 2 aromatic rings. The molecule has 1 aliphatic heterocycles. The molecule has 1 aromatic heterocycles. The van der Waals surface area contributed by atoms with Crippen molar-refractivity contribution < 1.29 is 9.18 Å². The van der Waals surface area contributed by atoms with E-state index in [1.165, 1.54) is 0 Å². The molecule has 2 heterocycles. The van der Waals surface area contributed by atoms with Crippen molar-refractivity contribution in [1.29, 1.82) is 0 Å². The molecule has 1 saturated heterocycles. The zero-order valence-electron chi connectivity index (χ0n) is 16.0. The third-order valence-electron chi connectivity index (χ3n) is 4.98. The molecule has 1 aromatic carbocycles. The van der Waals surface area contributed by atoms with Crippen LogP contribution in [0.2, 0.25) is 0 Å². The van der Waals surface area contributed by atoms with Crippen LogP contribution < -0.4 is 10.6 Å². The second kappa shape index (κ2) is 8.45. The molecule has 6 nitrogen and oxygen atoms in total. The molecule has 0 radical (unpaired) electrons. The van der Waals surface area contributed by atoms with E-state index in [0.717, 1.165) is 31.9 Å². The Bertz CT molecular complexity index is 787. The summed E-state index contributed by atoms with van der Waals surface area (Å²) in [4.78, 5) is 20.9. The van der Waals surface area contributed by atoms with Crippen LogP contribution in [0.5, 0.6) is 0 Å². The van der Waals surface area contributed by atoms with E-state index in [0.29, 0.717) is 11.3 Å². The number of aryl methyl sites for hydroxylation is 1. The van der Waals surface area contributed by atoms with E-state index in [2.05, 4.69) is 32.5 Å². The number of hydrogen-bond donors (Lipinski definition) is 2. The van der Waals surface area contributed by atoms with Gasteiger partial charge in [-0.3, -0.25) is 9.88 Å². The number of urea groups is 1. The smallest absolute Gasteiger partial charge is 0.306 e. The highest BCUT2D eigenvalue weighted by atomic mass is 19.1. The van der Waals surface area contributed by atoms with Crippen molar-refractivity contribution >= 4 is 17.4 Å². The molecule has 0 spiro atoms. The summed E-state index contributed by atoms with van der Waals surface area (Å²) in [6, 6.07) is 8.13. The molecule has 0 saturated carbocycles. The number of carbonyl (C=O) groups excluding carboxylic acids is 1. The Hall–Kier alpha value is -2.51. The second-order valence-corrected chi connectivity index (χ2v) is 6.99. The number of halogens is 1. The molecule has 1 fully saturated rings. The summed E-state index contributed by atoms with van der Waals surface area (Å²) in [6.45, 7) is 7.61. The molecule has 0 aliphatic carbocycles. The Morgan fingerprint density at radius 2 is 1.89 bits per heavy atom. The first kappa shape index (κ1) is 19.3. The third kappa shape index (κ3) is 4.81. The molecular weight excluding hydrogens is 345 g/mol. The van der Waals surface area contributed by atoms with Gasteiger partial charge in [-0.2, -0.15) is 0 Å². The van der Waals surface area contributed by atoms with Gasteiger partial charge in [0.25, 0.3) is 0 Å². The zero-order chi connectivity index (χ0) is 19.4. The predicted molar refractivity (Wildman–Crippen MR) is 106 cm³/mol. The molecule has 1 atom stereocenters. The molecular formula is C20H26FN5O. The highest BCUT2D eigenvalue weighted by Crippen LogP contribution is 2.28. The largest absolute Gasteiger partial charge is 0.323 e. The van der Waals surface area contributed by atoms with Gasteiger partial charge in [-0.05, 0) is 39.1 Å². The van der Waals surface area contributed by atoms with Crippen molar-refractivity contribution in [3.05, 3.63) is 53.6 Å². The standard InChI is InChI=1S/C20H26FN5O/c1-14-7-8-16(13-22-14)23-20(27)24-18-6-4-5-17(19(18)21)15(2)26-11-9-25(3)10-12-26/h4-8,13,15H,9-12H2,1-3H3,(H2,23,24,27)/t15-/m0/s1. The lowest BCUT2D eigenvalue weighted by Gasteiger charge is -2.36. The summed E-state index contributed by atoms with van der Waals surface area (Å²) in [6.07, 6.45) is 1.57. The summed E-state index contributed by atoms with van der Waals surface area (Å²) >= 11 is 0. The number of pyridine rings is 1. The van der Waals surface area contributed by atoms with Crippen LogP contribution >= 0.6 is 0 Å². The number of rotatable bonds is 4. The van der Waals surface area contributed by atoms with Crippen LogP contribution in [0.15, 0.2) is 36.5 Å². The molecule has 0 bridgehead atoms. The summed E-state index contributed by atoms with van der Waals surface area (Å²) < 4.78 is 15.0. The SMILES string of the molecule is Cc1ccc(NC(=O)Nc2cccc([C@H](C)N3CCN(C)CC3)c2F)cn1. The third-order valence-corrected chi connectivity index (χ3v) is 4.98. The lowest BCUT2D eigenvalue weighted by Crippen LogP contribution is -2.45. The second-order valence-electron chi connectivity index (χ2n) is 6.99. The average molecular weight is 371 g/mol. The van der Waals surface area contributed by atoms with Gasteiger partial charge in [0.2, 0.25) is 0 Å². The van der Waals surface area contributed by atoms with Gasteiger partial charge in [0, 0.05) is 43.5 Å². The lowest BCUT2D eigenvalue weighted by atomic mass is 10.0. The van der Waals surface area contributed by atoms with Crippen molar-refractivity contribution in [1.82, 2.24) is 14.8 Å². The summed E-state index contributed by atoms with van der Waals surface area (Å²) in [5.41, 5.74) is 2.18. The quantitative estimate of drug-likeness (QED) is 0.864. The molecule has 3 rings (SSSR count). The molecule has 144 valence electrons. The van der Waals surface area contributed by atoms with Crippen molar-refractivity contribution in [2.45, 2.75) is 19.9 Å². The van der Waals surface area contributed by atoms with Crippen LogP contribution in [0, 0.1) is 12.7 Å². The number of carbonyl (C=O) groups is 1. The fourth-order valence-electron chi connectivity index (χ4n) is 3.20. The minimum atomic E-state index is -0.496. The number of likely N-dealkylation sites (N-methyl/N-ethyl adjacent to an activating group) is 1. The molecule has 1 aliphatic rings. The van der Waals surface area contributed by atoms with E-state index < -0.39 is 6.03 Å². The first-order valence-corrected chi connectivity index (χ1v) is 9.15. The first-order valence-electron chi connectivity index (χ1n) is 9.15. The number of hydrogen-bond acceptors (Lipinski definition) is 4. The normalized spacial score (nSPS) is 16.7. The fourth-order valence-corrected chi connectivity index (χ4v) is 3.20. The lowest BCUT2D eigenvalue weighted by molar-refractivity contribution is 0.117. The first-order chi connectivity index (χ1) is 12.9. The summed E-state index contributed by atoms with van der Waals surface area (Å²) in [5.74, 6) is -0.388. The molecule has 2 amide bonds. The Morgan fingerprint density at radius 1 is 1.15 bits per heavy atom. The van der Waals surface area contributed by atoms with E-state index in [-0.39, 0.29) is 17.5 Å². The van der Waals surface area contributed by atoms with Crippen LogP contribution in [0.4, 0.5) is 20.6 Å². The van der Waals surface area contributed by atoms with Crippen LogP contribution in [0.1, 0.15) is 24.2 Å². The number of nitrogens with one attached hydrogen (secondary N) is 2. The Morgan fingerprint density at radius 3 is 2.56 bits per heavy atom. The predicted octanol–water partition coefficient (Wildman–Crippen LogP) is 3.48. The summed E-state index contributed by atoms with van der Waals surface area (Å²) in [7, 11) is 2.09. The van der Waals surface area contributed by atoms with Gasteiger partial charge < -0.3 is 15.5 Å². The van der Waals surface area contributed by atoms with Crippen molar-refractivity contribution in [3.8, 4) is 0 Å². The zero-order valence-corrected chi connectivity index (χ0v) is 16.0. The minimum Gasteiger partial charge on any atom is -0.306 e. The Labute approximate surface area is 159 Å². The van der Waals surface area contributed by atoms with Gasteiger partial charge >= 0.3 is 6.03 Å². The number of nitrogens with zero attached hydrogens (tertiary/aromatic N) is 3. The molecule has 2 N–H and O–H groups in total. The van der Waals surface area contributed by atoms with Gasteiger partial charge in [0.05, 0.1) is 17.6 Å². The van der Waals surface area contributed by atoms with Crippen molar-refractivity contribution in [2.24, 2.45) is 0 Å². The topological polar surface area (TPSA) is 60.5 Å². The molecule has 0 unspecified atom stereocenters. The van der Waals surface area contributed by atoms with Crippen LogP contribution in [0.25, 0.3) is 0 Å². The van der Waals surface area contributed by atoms with Gasteiger partial charge in [0.1, 0.15) is 0 Å². The fraction of sp³-hybridized carbons (Fsp3) is 0.400. The Kier molecular flexibility index (Phi) is 6.03. The minimum absolute atomic E-state index is 0.0511. The number of benzene rings is 1. The van der Waals surface area contributed by atoms with E-state index in [4.69, 9.17) is 0 Å². The maximum Gasteiger partial charge on any atom is 0.323 e. The van der Waals surface area contributed by atoms with Crippen LogP contribution in [0.3, 0.4) is 0 Å². The monoisotopic (exact) mass is 371 g/mol. The van der Waals surface area contributed by atoms with Crippen molar-refractivity contribution in [2.75, 3.05) is 43.9 Å². The van der Waals surface area contributed by atoms with Gasteiger partial charge in [-0.25, -0.2) is 9.18 Å². The van der Waals surface area contributed by atoms with Gasteiger partial charge in [-0.1, -0.05) is 12.1 Å². The maximum atomic E-state index is 15.0. The number of anilines is 2. The van der Waals surface area contributed by atoms with E-state index in [1.54, 1.807) is 36.5 Å². The van der Waals surface area contributed by atoms with E-state index in [1.807, 2.05) is 13.8 Å². The van der Waals surface area contributed by atoms with Crippen LogP contribution in [-0.2, 0) is 0 Å². The van der Waals surface area contributed by atoms with Crippen LogP contribution in [-0.4, -0.2) is 54.0 Å². The van der Waals surface area contributed by atoms with Gasteiger partial charge in [0.15, 0.2) is 5.82 Å². The maximum absolute atomic E-state index is 15.0. The molecule has 27 heavy (non-hydrogen) atoms. The van der Waals surface area contributed by atoms with E-state index in [9.17, 15) is 4.79 Å². The van der Waals surface area contributed by atoms with Crippen molar-refractivity contribution in [3.63, 3.8) is 0 Å². The average Bonchev–Trinajstić information content (AvgIpc) is 2.65. The number of amides is 2. The highest BCUT2D eigenvalue weighted by molar-refractivity contribution is 5.99. The summed E-state index contributed by atoms with van der Waals surface area (Å²) in [5, 5.41) is 5.27. The van der Waals surface area contributed by atoms with E-state index >= 15 is 4.39 Å². The van der Waals surface area contributed by atoms with Gasteiger partial charge in [-0.15, -0.1) is 0 Å².